The number of hydrogen-bond donors (Lipinski definition) is 3. The third kappa shape index (κ3) is 6.89. The van der Waals surface area contributed by atoms with Crippen LogP contribution in [0.15, 0.2) is 53.9 Å². The smallest absolute Gasteiger partial charge is 0.423 e. The van der Waals surface area contributed by atoms with Crippen LogP contribution in [-0.2, 0) is 15.7 Å². The summed E-state index contributed by atoms with van der Waals surface area (Å²) in [6, 6.07) is 4.38. The number of hydrogen-bond acceptors (Lipinski definition) is 8. The monoisotopic (exact) mass is 561 g/mol. The van der Waals surface area contributed by atoms with Crippen molar-refractivity contribution in [2.45, 2.75) is 38.0 Å². The Morgan fingerprint density at radius 3 is 2.42 bits per heavy atom. The Labute approximate surface area is 228 Å². The van der Waals surface area contributed by atoms with Gasteiger partial charge in [-0.25, -0.2) is 9.78 Å². The summed E-state index contributed by atoms with van der Waals surface area (Å²) in [4.78, 5) is 34.0. The molecule has 1 amide bonds. The summed E-state index contributed by atoms with van der Waals surface area (Å²) in [6.07, 6.45) is 0.869. The third-order valence-corrected chi connectivity index (χ3v) is 6.78. The van der Waals surface area contributed by atoms with Crippen LogP contribution in [0.5, 0.6) is 11.6 Å². The lowest BCUT2D eigenvalue weighted by Gasteiger charge is -2.31. The summed E-state index contributed by atoms with van der Waals surface area (Å²) in [5.41, 5.74) is -0.818. The summed E-state index contributed by atoms with van der Waals surface area (Å²) < 4.78 is 51.9. The van der Waals surface area contributed by atoms with Crippen molar-refractivity contribution in [2.24, 2.45) is 5.92 Å². The van der Waals surface area contributed by atoms with Crippen LogP contribution in [0.25, 0.3) is 0 Å². The van der Waals surface area contributed by atoms with Crippen molar-refractivity contribution in [1.82, 2.24) is 20.2 Å². The van der Waals surface area contributed by atoms with E-state index in [1.54, 1.807) is 12.2 Å². The number of benzene rings is 1. The van der Waals surface area contributed by atoms with Crippen molar-refractivity contribution in [3.05, 3.63) is 65.1 Å². The van der Waals surface area contributed by atoms with E-state index in [-0.39, 0.29) is 35.1 Å². The molecular weight excluding hydrogens is 531 g/mol. The number of nitrogens with one attached hydrogen (secondary N) is 2. The molecule has 10 nitrogen and oxygen atoms in total. The molecule has 4 rings (SSSR count). The van der Waals surface area contributed by atoms with E-state index in [9.17, 15) is 22.8 Å². The van der Waals surface area contributed by atoms with E-state index >= 15 is 0 Å². The highest BCUT2D eigenvalue weighted by Crippen LogP contribution is 2.37. The Morgan fingerprint density at radius 2 is 1.82 bits per heavy atom. The van der Waals surface area contributed by atoms with E-state index in [4.69, 9.17) is 14.6 Å². The van der Waals surface area contributed by atoms with E-state index < -0.39 is 29.6 Å². The molecule has 1 saturated heterocycles. The highest BCUT2D eigenvalue weighted by molar-refractivity contribution is 5.97. The average molecular weight is 562 g/mol. The number of piperidine rings is 1. The highest BCUT2D eigenvalue weighted by Gasteiger charge is 2.37. The van der Waals surface area contributed by atoms with Gasteiger partial charge in [0, 0.05) is 23.7 Å². The largest absolute Gasteiger partial charge is 0.499 e. The molecule has 1 fully saturated rings. The van der Waals surface area contributed by atoms with Crippen LogP contribution < -0.4 is 15.4 Å². The van der Waals surface area contributed by atoms with Gasteiger partial charge in [0.25, 0.3) is 5.91 Å². The van der Waals surface area contributed by atoms with Crippen LogP contribution in [0, 0.1) is 5.92 Å². The fourth-order valence-electron chi connectivity index (χ4n) is 4.51. The molecule has 0 spiro atoms. The zero-order valence-electron chi connectivity index (χ0n) is 22.2. The first-order valence-corrected chi connectivity index (χ1v) is 12.6. The fraction of sp³-hybridized carbons (Fsp3) is 0.407. The van der Waals surface area contributed by atoms with Gasteiger partial charge in [0.05, 0.1) is 18.7 Å². The molecule has 1 aliphatic heterocycles. The van der Waals surface area contributed by atoms with Crippen LogP contribution >= 0.6 is 0 Å². The van der Waals surface area contributed by atoms with Crippen molar-refractivity contribution in [3.63, 3.8) is 0 Å². The molecule has 2 aromatic rings. The summed E-state index contributed by atoms with van der Waals surface area (Å²) in [6.45, 7) is 3.63. The first-order chi connectivity index (χ1) is 18.9. The van der Waals surface area contributed by atoms with Gasteiger partial charge in [0.15, 0.2) is 0 Å². The van der Waals surface area contributed by atoms with Crippen molar-refractivity contribution in [1.29, 1.82) is 0 Å². The maximum Gasteiger partial charge on any atom is 0.423 e. The predicted molar refractivity (Wildman–Crippen MR) is 139 cm³/mol. The number of anilines is 1. The van der Waals surface area contributed by atoms with Crippen LogP contribution in [0.2, 0.25) is 0 Å². The van der Waals surface area contributed by atoms with Gasteiger partial charge in [-0.15, -0.1) is 0 Å². The summed E-state index contributed by atoms with van der Waals surface area (Å²) in [5.74, 6) is -2.27. The van der Waals surface area contributed by atoms with Crippen molar-refractivity contribution >= 4 is 17.8 Å². The quantitative estimate of drug-likeness (QED) is 0.437. The van der Waals surface area contributed by atoms with Crippen LogP contribution in [0.1, 0.15) is 35.7 Å². The highest BCUT2D eigenvalue weighted by atomic mass is 19.4. The molecule has 3 N–H and O–H groups in total. The molecule has 2 atom stereocenters. The average Bonchev–Trinajstić information content (AvgIpc) is 2.90. The normalized spacial score (nSPS) is 20.2. The Morgan fingerprint density at radius 1 is 1.15 bits per heavy atom. The number of rotatable bonds is 8. The number of carboxylic acids is 1. The molecule has 2 aliphatic rings. The lowest BCUT2D eigenvalue weighted by Crippen LogP contribution is -2.44. The Bertz CT molecular complexity index is 1300. The molecule has 13 heteroatoms. The van der Waals surface area contributed by atoms with E-state index in [0.29, 0.717) is 17.5 Å². The van der Waals surface area contributed by atoms with Crippen molar-refractivity contribution < 1.29 is 37.3 Å². The number of nitrogens with zero attached hydrogens (tertiary/aromatic N) is 3. The Balaban J connectivity index is 1.52. The zero-order chi connectivity index (χ0) is 29.0. The van der Waals surface area contributed by atoms with Crippen molar-refractivity contribution in [2.75, 3.05) is 32.6 Å². The number of aromatic nitrogens is 2. The number of carboxylic acid groups (broad SMARTS) is 1. The Hall–Kier alpha value is -4.13. The standard InChI is InChI=1S/C27H30F3N5O5/c1-15-12-17(23(36)32-18-8-10-35(2)11-9-18)13-21(39-3)22(15)33-26-31-14-20(27(28,29)30)24(34-26)40-19-6-4-16(5-7-19)25(37)38/h4-7,12-15,18,22H,8-11H2,1-3H3,(H,32,36)(H,37,38)(H,31,33,34). The molecule has 2 heterocycles. The third-order valence-electron chi connectivity index (χ3n) is 6.78. The second-order valence-electron chi connectivity index (χ2n) is 9.75. The topological polar surface area (TPSA) is 126 Å². The number of ether oxygens (including phenoxy) is 2. The lowest BCUT2D eigenvalue weighted by molar-refractivity contribution is -0.139. The number of methoxy groups -OCH3 is 1. The zero-order valence-corrected chi connectivity index (χ0v) is 22.2. The van der Waals surface area contributed by atoms with Gasteiger partial charge in [-0.1, -0.05) is 13.0 Å². The van der Waals surface area contributed by atoms with E-state index in [1.807, 2.05) is 14.0 Å². The molecule has 1 aliphatic carbocycles. The number of halogens is 3. The van der Waals surface area contributed by atoms with Gasteiger partial charge in [0.1, 0.15) is 17.1 Å². The summed E-state index contributed by atoms with van der Waals surface area (Å²) >= 11 is 0. The van der Waals surface area contributed by atoms with E-state index in [0.717, 1.165) is 25.9 Å². The van der Waals surface area contributed by atoms with Gasteiger partial charge in [-0.3, -0.25) is 4.79 Å². The van der Waals surface area contributed by atoms with Gasteiger partial charge >= 0.3 is 12.1 Å². The number of aromatic carboxylic acids is 1. The second kappa shape index (κ2) is 11.9. The van der Waals surface area contributed by atoms with Gasteiger partial charge in [-0.05, 0) is 63.3 Å². The van der Waals surface area contributed by atoms with E-state index in [1.165, 1.54) is 31.4 Å². The van der Waals surface area contributed by atoms with Gasteiger partial charge < -0.3 is 30.1 Å². The minimum absolute atomic E-state index is 0.0353. The molecular formula is C27H30F3N5O5. The van der Waals surface area contributed by atoms with Gasteiger partial charge in [0.2, 0.25) is 11.8 Å². The maximum atomic E-state index is 13.7. The predicted octanol–water partition coefficient (Wildman–Crippen LogP) is 4.08. The van der Waals surface area contributed by atoms with Crippen molar-refractivity contribution in [3.8, 4) is 11.6 Å². The first-order valence-electron chi connectivity index (χ1n) is 12.6. The van der Waals surface area contributed by atoms with Crippen LogP contribution in [0.3, 0.4) is 0 Å². The molecule has 0 saturated carbocycles. The molecule has 214 valence electrons. The summed E-state index contributed by atoms with van der Waals surface area (Å²) in [7, 11) is 3.48. The first kappa shape index (κ1) is 28.9. The molecule has 40 heavy (non-hydrogen) atoms. The molecule has 1 aromatic carbocycles. The lowest BCUT2D eigenvalue weighted by atomic mass is 9.90. The van der Waals surface area contributed by atoms with Gasteiger partial charge in [-0.2, -0.15) is 18.2 Å². The maximum absolute atomic E-state index is 13.7. The minimum Gasteiger partial charge on any atom is -0.499 e. The molecule has 0 radical (unpaired) electrons. The van der Waals surface area contributed by atoms with Crippen LogP contribution in [-0.4, -0.2) is 71.2 Å². The summed E-state index contributed by atoms with van der Waals surface area (Å²) in [5, 5.41) is 15.1. The fourth-order valence-corrected chi connectivity index (χ4v) is 4.51. The number of alkyl halides is 3. The molecule has 0 bridgehead atoms. The molecule has 1 aromatic heterocycles. The second-order valence-corrected chi connectivity index (χ2v) is 9.75. The Kier molecular flexibility index (Phi) is 8.62. The number of carbonyl (C=O) groups is 2. The number of likely N-dealkylation sites (tertiary alicyclic amines) is 1. The SMILES string of the molecule is COC1=CC(C(=O)NC2CCN(C)CC2)=CC(C)C1Nc1ncc(C(F)(F)F)c(Oc2ccc(C(=O)O)cc2)n1. The molecule has 2 unspecified atom stereocenters. The number of amides is 1. The van der Waals surface area contributed by atoms with Crippen LogP contribution in [0.4, 0.5) is 19.1 Å². The van der Waals surface area contributed by atoms with E-state index in [2.05, 4.69) is 25.5 Å². The minimum atomic E-state index is -4.80. The number of carbonyl (C=O) groups excluding carboxylic acids is 1.